The molecule has 1 saturated carbocycles. The van der Waals surface area contributed by atoms with Gasteiger partial charge in [0.1, 0.15) is 6.17 Å². The Morgan fingerprint density at radius 3 is 2.48 bits per heavy atom. The zero-order valence-electron chi connectivity index (χ0n) is 13.5. The Balaban J connectivity index is 1.91. The number of nitrogens with one attached hydrogen (secondary N) is 1. The van der Waals surface area contributed by atoms with Crippen molar-refractivity contribution < 1.29 is 4.79 Å². The zero-order valence-corrected chi connectivity index (χ0v) is 13.5. The number of benzene rings is 1. The summed E-state index contributed by atoms with van der Waals surface area (Å²) < 4.78 is 0. The van der Waals surface area contributed by atoms with Crippen molar-refractivity contribution in [1.82, 2.24) is 10.2 Å². The first kappa shape index (κ1) is 14.6. The van der Waals surface area contributed by atoms with Crippen molar-refractivity contribution >= 4 is 5.91 Å². The van der Waals surface area contributed by atoms with Gasteiger partial charge in [-0.2, -0.15) is 0 Å². The van der Waals surface area contributed by atoms with Gasteiger partial charge >= 0.3 is 0 Å². The molecule has 4 atom stereocenters. The van der Waals surface area contributed by atoms with Crippen LogP contribution in [-0.2, 0) is 4.79 Å². The van der Waals surface area contributed by atoms with Crippen molar-refractivity contribution in [2.75, 3.05) is 0 Å². The van der Waals surface area contributed by atoms with Crippen LogP contribution in [0.5, 0.6) is 0 Å². The molecule has 1 saturated heterocycles. The van der Waals surface area contributed by atoms with Crippen molar-refractivity contribution in [2.24, 2.45) is 11.3 Å². The zero-order chi connectivity index (χ0) is 15.2. The number of amides is 1. The van der Waals surface area contributed by atoms with Crippen LogP contribution in [0.25, 0.3) is 0 Å². The first-order valence-corrected chi connectivity index (χ1v) is 8.09. The lowest BCUT2D eigenvalue weighted by atomic mass is 9.99. The lowest BCUT2D eigenvalue weighted by Gasteiger charge is -2.26. The van der Waals surface area contributed by atoms with Crippen molar-refractivity contribution in [3.63, 3.8) is 0 Å². The summed E-state index contributed by atoms with van der Waals surface area (Å²) >= 11 is 0. The molecule has 3 nitrogen and oxygen atoms in total. The molecule has 0 radical (unpaired) electrons. The van der Waals surface area contributed by atoms with Gasteiger partial charge in [0.2, 0.25) is 5.91 Å². The second-order valence-corrected chi connectivity index (χ2v) is 7.30. The standard InChI is InChI=1S/C18H26N2O/c1-5-12(2)15-17(21)20(14-11-18(14,3)4)16(19-15)13-9-7-6-8-10-13/h6-10,12,14-16,19H,5,11H2,1-4H3. The molecule has 3 rings (SSSR count). The molecule has 0 aromatic heterocycles. The molecule has 1 aliphatic carbocycles. The quantitative estimate of drug-likeness (QED) is 0.921. The van der Waals surface area contributed by atoms with Gasteiger partial charge in [0, 0.05) is 6.04 Å². The Labute approximate surface area is 127 Å². The highest BCUT2D eigenvalue weighted by molar-refractivity contribution is 5.85. The van der Waals surface area contributed by atoms with E-state index < -0.39 is 0 Å². The molecule has 3 heteroatoms. The molecule has 1 aromatic rings. The maximum atomic E-state index is 12.9. The number of carbonyl (C=O) groups excluding carboxylic acids is 1. The van der Waals surface area contributed by atoms with E-state index in [4.69, 9.17) is 0 Å². The van der Waals surface area contributed by atoms with E-state index in [2.05, 4.69) is 50.0 Å². The molecule has 2 fully saturated rings. The first-order chi connectivity index (χ1) is 9.95. The summed E-state index contributed by atoms with van der Waals surface area (Å²) in [5.74, 6) is 0.657. The average molecular weight is 286 g/mol. The summed E-state index contributed by atoms with van der Waals surface area (Å²) in [7, 11) is 0. The van der Waals surface area contributed by atoms with E-state index in [1.165, 1.54) is 5.56 Å². The fourth-order valence-corrected chi connectivity index (χ4v) is 3.39. The normalized spacial score (nSPS) is 32.3. The second kappa shape index (κ2) is 5.13. The Morgan fingerprint density at radius 1 is 1.33 bits per heavy atom. The molecule has 4 unspecified atom stereocenters. The molecule has 1 aliphatic heterocycles. The van der Waals surface area contributed by atoms with Gasteiger partial charge in [0.05, 0.1) is 6.04 Å². The van der Waals surface area contributed by atoms with E-state index in [1.807, 2.05) is 18.2 Å². The van der Waals surface area contributed by atoms with Gasteiger partial charge in [-0.05, 0) is 23.3 Å². The molecule has 1 amide bonds. The lowest BCUT2D eigenvalue weighted by molar-refractivity contribution is -0.132. The summed E-state index contributed by atoms with van der Waals surface area (Å²) in [6, 6.07) is 10.7. The number of nitrogens with zero attached hydrogens (tertiary/aromatic N) is 1. The summed E-state index contributed by atoms with van der Waals surface area (Å²) in [5.41, 5.74) is 1.45. The number of carbonyl (C=O) groups is 1. The van der Waals surface area contributed by atoms with Crippen LogP contribution in [0.3, 0.4) is 0 Å². The van der Waals surface area contributed by atoms with E-state index in [9.17, 15) is 4.79 Å². The minimum Gasteiger partial charge on any atom is -0.318 e. The molecule has 114 valence electrons. The van der Waals surface area contributed by atoms with Crippen molar-refractivity contribution in [2.45, 2.75) is 58.8 Å². The number of rotatable bonds is 4. The first-order valence-electron chi connectivity index (χ1n) is 8.09. The SMILES string of the molecule is CCC(C)C1NC(c2ccccc2)N(C2CC2(C)C)C1=O. The van der Waals surface area contributed by atoms with Crippen LogP contribution < -0.4 is 5.32 Å². The van der Waals surface area contributed by atoms with Gasteiger partial charge in [-0.25, -0.2) is 0 Å². The van der Waals surface area contributed by atoms with Crippen molar-refractivity contribution in [3.8, 4) is 0 Å². The Kier molecular flexibility index (Phi) is 3.56. The van der Waals surface area contributed by atoms with Gasteiger partial charge in [0.25, 0.3) is 0 Å². The minimum absolute atomic E-state index is 0.0319. The second-order valence-electron chi connectivity index (χ2n) is 7.30. The lowest BCUT2D eigenvalue weighted by Crippen LogP contribution is -2.37. The monoisotopic (exact) mass is 286 g/mol. The molecular weight excluding hydrogens is 260 g/mol. The van der Waals surface area contributed by atoms with Crippen LogP contribution >= 0.6 is 0 Å². The fraction of sp³-hybridized carbons (Fsp3) is 0.611. The summed E-state index contributed by atoms with van der Waals surface area (Å²) in [4.78, 5) is 15.0. The molecule has 21 heavy (non-hydrogen) atoms. The van der Waals surface area contributed by atoms with Gasteiger partial charge in [-0.3, -0.25) is 10.1 Å². The van der Waals surface area contributed by atoms with Gasteiger partial charge in [-0.1, -0.05) is 64.4 Å². The van der Waals surface area contributed by atoms with Crippen molar-refractivity contribution in [1.29, 1.82) is 0 Å². The summed E-state index contributed by atoms with van der Waals surface area (Å²) in [5, 5.41) is 3.59. The predicted octanol–water partition coefficient (Wildman–Crippen LogP) is 3.33. The van der Waals surface area contributed by atoms with E-state index in [-0.39, 0.29) is 23.5 Å². The maximum absolute atomic E-state index is 12.9. The minimum atomic E-state index is -0.0448. The van der Waals surface area contributed by atoms with Crippen LogP contribution in [0, 0.1) is 11.3 Å². The molecule has 1 heterocycles. The smallest absolute Gasteiger partial charge is 0.241 e. The fourth-order valence-electron chi connectivity index (χ4n) is 3.39. The molecule has 1 N–H and O–H groups in total. The van der Waals surface area contributed by atoms with Gasteiger partial charge in [-0.15, -0.1) is 0 Å². The topological polar surface area (TPSA) is 32.3 Å². The van der Waals surface area contributed by atoms with E-state index in [0.717, 1.165) is 12.8 Å². The van der Waals surface area contributed by atoms with Crippen LogP contribution in [0.2, 0.25) is 0 Å². The molecule has 1 aromatic carbocycles. The molecular formula is C18H26N2O. The third-order valence-electron chi connectivity index (χ3n) is 5.26. The highest BCUT2D eigenvalue weighted by Gasteiger charge is 2.56. The van der Waals surface area contributed by atoms with Crippen molar-refractivity contribution in [3.05, 3.63) is 35.9 Å². The number of hydrogen-bond donors (Lipinski definition) is 1. The Morgan fingerprint density at radius 2 is 1.95 bits per heavy atom. The van der Waals surface area contributed by atoms with E-state index >= 15 is 0 Å². The van der Waals surface area contributed by atoms with Gasteiger partial charge in [0.15, 0.2) is 0 Å². The van der Waals surface area contributed by atoms with Crippen LogP contribution in [0.15, 0.2) is 30.3 Å². The average Bonchev–Trinajstić information content (AvgIpc) is 2.96. The van der Waals surface area contributed by atoms with E-state index in [1.54, 1.807) is 0 Å². The molecule has 2 aliphatic rings. The third-order valence-corrected chi connectivity index (χ3v) is 5.26. The van der Waals surface area contributed by atoms with Gasteiger partial charge < -0.3 is 4.90 Å². The van der Waals surface area contributed by atoms with Crippen LogP contribution in [-0.4, -0.2) is 22.9 Å². The molecule has 0 spiro atoms. The highest BCUT2D eigenvalue weighted by atomic mass is 16.2. The van der Waals surface area contributed by atoms with Crippen LogP contribution in [0.4, 0.5) is 0 Å². The summed E-state index contributed by atoms with van der Waals surface area (Å²) in [6.45, 7) is 8.83. The van der Waals surface area contributed by atoms with Crippen LogP contribution in [0.1, 0.15) is 52.3 Å². The Hall–Kier alpha value is -1.35. The maximum Gasteiger partial charge on any atom is 0.241 e. The van der Waals surface area contributed by atoms with E-state index in [0.29, 0.717) is 12.0 Å². The summed E-state index contributed by atoms with van der Waals surface area (Å²) in [6.07, 6.45) is 2.16. The molecule has 0 bridgehead atoms. The highest BCUT2D eigenvalue weighted by Crippen LogP contribution is 2.52. The predicted molar refractivity (Wildman–Crippen MR) is 84.6 cm³/mol. The number of hydrogen-bond acceptors (Lipinski definition) is 2. The largest absolute Gasteiger partial charge is 0.318 e. The Bertz CT molecular complexity index is 525. The third kappa shape index (κ3) is 2.48.